The van der Waals surface area contributed by atoms with Gasteiger partial charge in [-0.15, -0.1) is 0 Å². The molecule has 3 rings (SSSR count). The number of carbonyl (C=O) groups is 2. The molecule has 122 valence electrons. The molecule has 2 aliphatic rings. The van der Waals surface area contributed by atoms with Gasteiger partial charge < -0.3 is 10.0 Å². The first kappa shape index (κ1) is 15.8. The molecule has 1 aromatic rings. The van der Waals surface area contributed by atoms with Crippen molar-refractivity contribution in [1.29, 1.82) is 0 Å². The van der Waals surface area contributed by atoms with Gasteiger partial charge in [-0.3, -0.25) is 4.79 Å². The largest absolute Gasteiger partial charge is 0.478 e. The number of benzene rings is 1. The van der Waals surface area contributed by atoms with E-state index >= 15 is 0 Å². The van der Waals surface area contributed by atoms with Crippen LogP contribution < -0.4 is 0 Å². The summed E-state index contributed by atoms with van der Waals surface area (Å²) in [5.41, 5.74) is 0.976. The van der Waals surface area contributed by atoms with E-state index in [0.29, 0.717) is 11.8 Å². The van der Waals surface area contributed by atoms with Crippen molar-refractivity contribution in [1.82, 2.24) is 4.90 Å². The number of hydrogen-bond donors (Lipinski definition) is 1. The molecule has 0 spiro atoms. The van der Waals surface area contributed by atoms with E-state index < -0.39 is 5.97 Å². The number of nitrogens with zero attached hydrogens (tertiary/aromatic N) is 1. The normalized spacial score (nSPS) is 24.3. The summed E-state index contributed by atoms with van der Waals surface area (Å²) in [6, 6.07) is 9.29. The minimum atomic E-state index is -1.01. The summed E-state index contributed by atoms with van der Waals surface area (Å²) in [5, 5.41) is 9.39. The lowest BCUT2D eigenvalue weighted by molar-refractivity contribution is -0.136. The van der Waals surface area contributed by atoms with E-state index in [1.165, 1.54) is 25.7 Å². The van der Waals surface area contributed by atoms with Gasteiger partial charge in [-0.25, -0.2) is 4.79 Å². The first-order valence-electron chi connectivity index (χ1n) is 8.40. The predicted molar refractivity (Wildman–Crippen MR) is 88.7 cm³/mol. The Balaban J connectivity index is 1.67. The molecule has 4 heteroatoms. The van der Waals surface area contributed by atoms with Crippen LogP contribution in [0.15, 0.2) is 35.9 Å². The quantitative estimate of drug-likeness (QED) is 0.869. The molecule has 1 saturated carbocycles. The van der Waals surface area contributed by atoms with Crippen LogP contribution in [0.5, 0.6) is 0 Å². The molecule has 1 amide bonds. The van der Waals surface area contributed by atoms with Crippen molar-refractivity contribution in [2.24, 2.45) is 11.8 Å². The summed E-state index contributed by atoms with van der Waals surface area (Å²) in [5.74, 6) is 0.181. The van der Waals surface area contributed by atoms with E-state index in [9.17, 15) is 14.7 Å². The monoisotopic (exact) mass is 313 g/mol. The fourth-order valence-electron chi connectivity index (χ4n) is 3.82. The van der Waals surface area contributed by atoms with Crippen LogP contribution in [0.4, 0.5) is 0 Å². The summed E-state index contributed by atoms with van der Waals surface area (Å²) >= 11 is 0. The Kier molecular flexibility index (Phi) is 4.79. The van der Waals surface area contributed by atoms with Gasteiger partial charge in [-0.05, 0) is 36.3 Å². The molecule has 0 bridgehead atoms. The third kappa shape index (κ3) is 3.81. The zero-order chi connectivity index (χ0) is 16.2. The van der Waals surface area contributed by atoms with Gasteiger partial charge in [0.05, 0.1) is 6.42 Å². The Morgan fingerprint density at radius 3 is 2.26 bits per heavy atom. The molecule has 2 atom stereocenters. The van der Waals surface area contributed by atoms with Crippen molar-refractivity contribution in [3.8, 4) is 0 Å². The maximum absolute atomic E-state index is 12.5. The van der Waals surface area contributed by atoms with E-state index in [-0.39, 0.29) is 17.9 Å². The van der Waals surface area contributed by atoms with Gasteiger partial charge in [0.1, 0.15) is 0 Å². The molecule has 1 N–H and O–H groups in total. The summed E-state index contributed by atoms with van der Waals surface area (Å²) in [4.78, 5) is 25.9. The summed E-state index contributed by atoms with van der Waals surface area (Å²) in [7, 11) is 0. The van der Waals surface area contributed by atoms with Crippen LogP contribution >= 0.6 is 0 Å². The van der Waals surface area contributed by atoms with E-state index in [1.54, 1.807) is 6.08 Å². The minimum Gasteiger partial charge on any atom is -0.478 e. The van der Waals surface area contributed by atoms with E-state index in [2.05, 4.69) is 0 Å². The molecule has 1 aliphatic carbocycles. The molecule has 0 unspecified atom stereocenters. The smallest absolute Gasteiger partial charge is 0.332 e. The second-order valence-corrected chi connectivity index (χ2v) is 6.67. The molecule has 2 fully saturated rings. The lowest BCUT2D eigenvalue weighted by Gasteiger charge is -2.22. The number of aliphatic carboxylic acids is 1. The number of carbonyl (C=O) groups excluding carboxylic acids is 1. The Hall–Kier alpha value is -2.10. The fourth-order valence-corrected chi connectivity index (χ4v) is 3.82. The van der Waals surface area contributed by atoms with Gasteiger partial charge in [0, 0.05) is 18.7 Å². The minimum absolute atomic E-state index is 0.0241. The van der Waals surface area contributed by atoms with Gasteiger partial charge in [-0.2, -0.15) is 0 Å². The lowest BCUT2D eigenvalue weighted by atomic mass is 9.82. The zero-order valence-corrected chi connectivity index (χ0v) is 13.3. The Morgan fingerprint density at radius 1 is 1.09 bits per heavy atom. The SMILES string of the molecule is O=C(O)/C(=C/c1ccccc1)CC(=O)N1C[C@@H]2CCCC[C@H]2C1. The van der Waals surface area contributed by atoms with Gasteiger partial charge in [0.15, 0.2) is 0 Å². The number of likely N-dealkylation sites (tertiary alicyclic amines) is 1. The Bertz CT molecular complexity index is 594. The first-order chi connectivity index (χ1) is 11.1. The second kappa shape index (κ2) is 6.99. The maximum Gasteiger partial charge on any atom is 0.332 e. The zero-order valence-electron chi connectivity index (χ0n) is 13.3. The molecule has 1 aromatic carbocycles. The summed E-state index contributed by atoms with van der Waals surface area (Å²) in [6.45, 7) is 1.61. The van der Waals surface area contributed by atoms with Crippen molar-refractivity contribution in [2.75, 3.05) is 13.1 Å². The summed E-state index contributed by atoms with van der Waals surface area (Å²) in [6.07, 6.45) is 6.52. The van der Waals surface area contributed by atoms with Crippen molar-refractivity contribution in [3.05, 3.63) is 41.5 Å². The molecule has 0 aromatic heterocycles. The lowest BCUT2D eigenvalue weighted by Crippen LogP contribution is -2.29. The number of carboxylic acids is 1. The highest BCUT2D eigenvalue weighted by Crippen LogP contribution is 2.36. The van der Waals surface area contributed by atoms with Gasteiger partial charge in [-0.1, -0.05) is 43.2 Å². The van der Waals surface area contributed by atoms with Crippen LogP contribution in [0.2, 0.25) is 0 Å². The van der Waals surface area contributed by atoms with Crippen LogP contribution in [0.3, 0.4) is 0 Å². The highest BCUT2D eigenvalue weighted by Gasteiger charge is 2.36. The molecular formula is C19H23NO3. The van der Waals surface area contributed by atoms with Crippen LogP contribution in [0.1, 0.15) is 37.7 Å². The average Bonchev–Trinajstić information content (AvgIpc) is 2.99. The predicted octanol–water partition coefficient (Wildman–Crippen LogP) is 3.19. The third-order valence-corrected chi connectivity index (χ3v) is 5.09. The Morgan fingerprint density at radius 2 is 1.70 bits per heavy atom. The van der Waals surface area contributed by atoms with Crippen molar-refractivity contribution >= 4 is 18.0 Å². The van der Waals surface area contributed by atoms with Crippen LogP contribution in [-0.2, 0) is 9.59 Å². The van der Waals surface area contributed by atoms with Gasteiger partial charge >= 0.3 is 5.97 Å². The second-order valence-electron chi connectivity index (χ2n) is 6.67. The molecule has 0 radical (unpaired) electrons. The molecule has 4 nitrogen and oxygen atoms in total. The van der Waals surface area contributed by atoms with Crippen LogP contribution in [0, 0.1) is 11.8 Å². The van der Waals surface area contributed by atoms with Crippen molar-refractivity contribution in [2.45, 2.75) is 32.1 Å². The first-order valence-corrected chi connectivity index (χ1v) is 8.40. The van der Waals surface area contributed by atoms with Crippen molar-refractivity contribution < 1.29 is 14.7 Å². The molecule has 1 saturated heterocycles. The average molecular weight is 313 g/mol. The fraction of sp³-hybridized carbons (Fsp3) is 0.474. The maximum atomic E-state index is 12.5. The van der Waals surface area contributed by atoms with E-state index in [4.69, 9.17) is 0 Å². The number of hydrogen-bond acceptors (Lipinski definition) is 2. The summed E-state index contributed by atoms with van der Waals surface area (Å²) < 4.78 is 0. The van der Waals surface area contributed by atoms with Crippen LogP contribution in [0.25, 0.3) is 6.08 Å². The number of amides is 1. The van der Waals surface area contributed by atoms with Crippen LogP contribution in [-0.4, -0.2) is 35.0 Å². The molecule has 1 aliphatic heterocycles. The molecule has 1 heterocycles. The number of rotatable bonds is 4. The Labute approximate surface area is 136 Å². The number of carboxylic acid groups (broad SMARTS) is 1. The van der Waals surface area contributed by atoms with E-state index in [0.717, 1.165) is 18.7 Å². The van der Waals surface area contributed by atoms with Crippen molar-refractivity contribution in [3.63, 3.8) is 0 Å². The topological polar surface area (TPSA) is 57.6 Å². The van der Waals surface area contributed by atoms with Gasteiger partial charge in [0.2, 0.25) is 5.91 Å². The number of fused-ring (bicyclic) bond motifs is 1. The highest BCUT2D eigenvalue weighted by atomic mass is 16.4. The van der Waals surface area contributed by atoms with E-state index in [1.807, 2.05) is 35.2 Å². The third-order valence-electron chi connectivity index (χ3n) is 5.09. The standard InChI is InChI=1S/C19H23NO3/c21-18(20-12-15-8-4-5-9-16(15)13-20)11-17(19(22)23)10-14-6-2-1-3-7-14/h1-3,6-7,10,15-16H,4-5,8-9,11-13H2,(H,22,23)/b17-10+/t15-,16-/m0/s1. The molecular weight excluding hydrogens is 290 g/mol. The molecule has 23 heavy (non-hydrogen) atoms. The van der Waals surface area contributed by atoms with Gasteiger partial charge in [0.25, 0.3) is 0 Å². The highest BCUT2D eigenvalue weighted by molar-refractivity contribution is 5.98.